The Kier molecular flexibility index (Phi) is 5.81. The molecule has 0 spiro atoms. The molecule has 11 heteroatoms. The molecule has 0 saturated heterocycles. The van der Waals surface area contributed by atoms with Crippen LogP contribution in [0.15, 0.2) is 23.1 Å². The second-order valence-corrected chi connectivity index (χ2v) is 7.79. The van der Waals surface area contributed by atoms with Gasteiger partial charge in [-0.1, -0.05) is 25.4 Å². The Bertz CT molecular complexity index is 1040. The van der Waals surface area contributed by atoms with E-state index in [1.165, 1.54) is 13.8 Å². The van der Waals surface area contributed by atoms with E-state index in [4.69, 9.17) is 11.6 Å². The van der Waals surface area contributed by atoms with Gasteiger partial charge in [0.25, 0.3) is 10.0 Å². The van der Waals surface area contributed by atoms with E-state index in [1.54, 1.807) is 4.72 Å². The van der Waals surface area contributed by atoms with E-state index in [2.05, 4.69) is 0 Å². The summed E-state index contributed by atoms with van der Waals surface area (Å²) in [7, 11) is -4.64. The zero-order valence-electron chi connectivity index (χ0n) is 13.7. The molecule has 0 unspecified atom stereocenters. The normalized spacial score (nSPS) is 11.7. The summed E-state index contributed by atoms with van der Waals surface area (Å²) in [6.45, 7) is 2.79. The van der Waals surface area contributed by atoms with E-state index in [0.717, 1.165) is 0 Å². The van der Waals surface area contributed by atoms with Crippen molar-refractivity contribution in [1.29, 1.82) is 0 Å². The highest BCUT2D eigenvalue weighted by molar-refractivity contribution is 7.90. The molecule has 0 aliphatic rings. The van der Waals surface area contributed by atoms with Gasteiger partial charge in [-0.2, -0.15) is 0 Å². The van der Waals surface area contributed by atoms with E-state index >= 15 is 0 Å². The van der Waals surface area contributed by atoms with E-state index in [1.807, 2.05) is 0 Å². The molecule has 0 aromatic heterocycles. The molecule has 0 aliphatic carbocycles. The first kappa shape index (κ1) is 21.1. The molecule has 2 rings (SSSR count). The summed E-state index contributed by atoms with van der Waals surface area (Å²) in [5, 5.41) is -0.691. The molecule has 0 radical (unpaired) electrons. The van der Waals surface area contributed by atoms with E-state index in [-0.39, 0.29) is 6.07 Å². The summed E-state index contributed by atoms with van der Waals surface area (Å²) in [6.07, 6.45) is 0. The predicted molar refractivity (Wildman–Crippen MR) is 86.8 cm³/mol. The fourth-order valence-corrected chi connectivity index (χ4v) is 3.70. The van der Waals surface area contributed by atoms with Crippen LogP contribution in [-0.2, 0) is 14.8 Å². The number of hydrogen-bond acceptors (Lipinski definition) is 3. The maximum atomic E-state index is 14.2. The first-order chi connectivity index (χ1) is 12.4. The lowest BCUT2D eigenvalue weighted by molar-refractivity contribution is -0.122. The lowest BCUT2D eigenvalue weighted by atomic mass is 10.0. The van der Waals surface area contributed by atoms with Gasteiger partial charge in [0.2, 0.25) is 5.91 Å². The Morgan fingerprint density at radius 2 is 1.56 bits per heavy atom. The molecule has 4 nitrogen and oxygen atoms in total. The number of hydrogen-bond donors (Lipinski definition) is 1. The minimum atomic E-state index is -4.64. The van der Waals surface area contributed by atoms with Gasteiger partial charge in [0.1, 0.15) is 16.5 Å². The van der Waals surface area contributed by atoms with Crippen LogP contribution in [-0.4, -0.2) is 14.3 Å². The maximum Gasteiger partial charge on any atom is 0.265 e. The highest BCUT2D eigenvalue weighted by Crippen LogP contribution is 2.35. The highest BCUT2D eigenvalue weighted by Gasteiger charge is 2.28. The summed E-state index contributed by atoms with van der Waals surface area (Å²) < 4.78 is 94.8. The van der Waals surface area contributed by atoms with Gasteiger partial charge in [-0.05, 0) is 12.1 Å². The minimum absolute atomic E-state index is 0.0174. The Balaban J connectivity index is 2.72. The van der Waals surface area contributed by atoms with Crippen LogP contribution in [0.2, 0.25) is 5.02 Å². The number of carbonyl (C=O) groups excluding carboxylic acids is 1. The summed E-state index contributed by atoms with van der Waals surface area (Å²) >= 11 is 5.68. The molecule has 1 N–H and O–H groups in total. The van der Waals surface area contributed by atoms with Crippen molar-refractivity contribution in [2.45, 2.75) is 18.7 Å². The molecule has 1 amide bonds. The largest absolute Gasteiger partial charge is 0.274 e. The van der Waals surface area contributed by atoms with Crippen molar-refractivity contribution in [1.82, 2.24) is 4.72 Å². The smallest absolute Gasteiger partial charge is 0.265 e. The first-order valence-electron chi connectivity index (χ1n) is 7.26. The van der Waals surface area contributed by atoms with Crippen molar-refractivity contribution in [3.63, 3.8) is 0 Å². The van der Waals surface area contributed by atoms with Gasteiger partial charge in [-0.3, -0.25) is 4.79 Å². The molecule has 2 aromatic carbocycles. The minimum Gasteiger partial charge on any atom is -0.274 e. The van der Waals surface area contributed by atoms with Crippen LogP contribution in [0.3, 0.4) is 0 Å². The molecule has 146 valence electrons. The maximum absolute atomic E-state index is 14.2. The van der Waals surface area contributed by atoms with Gasteiger partial charge in [-0.15, -0.1) is 0 Å². The van der Waals surface area contributed by atoms with Gasteiger partial charge in [0.05, 0.1) is 10.6 Å². The third-order valence-electron chi connectivity index (χ3n) is 3.45. The molecule has 2 aromatic rings. The van der Waals surface area contributed by atoms with Gasteiger partial charge >= 0.3 is 0 Å². The van der Waals surface area contributed by atoms with E-state index < -0.39 is 72.0 Å². The number of sulfonamides is 1. The monoisotopic (exact) mass is 427 g/mol. The average molecular weight is 428 g/mol. The third kappa shape index (κ3) is 4.06. The molecule has 0 bridgehead atoms. The number of benzene rings is 2. The summed E-state index contributed by atoms with van der Waals surface area (Å²) in [6, 6.07) is 0.828. The average Bonchev–Trinajstić information content (AvgIpc) is 2.53. The second-order valence-electron chi connectivity index (χ2n) is 5.73. The van der Waals surface area contributed by atoms with Crippen molar-refractivity contribution in [3.05, 3.63) is 52.3 Å². The van der Waals surface area contributed by atoms with Crippen LogP contribution in [0.25, 0.3) is 11.1 Å². The quantitative estimate of drug-likeness (QED) is 0.452. The number of halogens is 6. The lowest BCUT2D eigenvalue weighted by Crippen LogP contribution is -2.33. The zero-order valence-corrected chi connectivity index (χ0v) is 15.3. The Morgan fingerprint density at radius 3 is 2.11 bits per heavy atom. The predicted octanol–water partition coefficient (Wildman–Crippen LogP) is 4.16. The van der Waals surface area contributed by atoms with Gasteiger partial charge in [0, 0.05) is 17.5 Å². The molecule has 27 heavy (non-hydrogen) atoms. The van der Waals surface area contributed by atoms with E-state index in [9.17, 15) is 35.2 Å². The van der Waals surface area contributed by atoms with Crippen LogP contribution >= 0.6 is 11.6 Å². The second kappa shape index (κ2) is 7.43. The number of amides is 1. The SMILES string of the molecule is CC(C)C(=O)NS(=O)(=O)c1cc(-c2c(F)cc(F)c(F)c2F)c(F)cc1Cl. The van der Waals surface area contributed by atoms with Crippen molar-refractivity contribution in [3.8, 4) is 11.1 Å². The van der Waals surface area contributed by atoms with Crippen LogP contribution in [0.4, 0.5) is 22.0 Å². The zero-order chi connectivity index (χ0) is 20.7. The van der Waals surface area contributed by atoms with Crippen LogP contribution in [0, 0.1) is 35.0 Å². The number of nitrogens with one attached hydrogen (secondary N) is 1. The van der Waals surface area contributed by atoms with Crippen LogP contribution < -0.4 is 4.72 Å². The number of rotatable bonds is 4. The highest BCUT2D eigenvalue weighted by atomic mass is 35.5. The lowest BCUT2D eigenvalue weighted by Gasteiger charge is -2.13. The summed E-state index contributed by atoms with van der Waals surface area (Å²) in [5.41, 5.74) is -2.35. The third-order valence-corrected chi connectivity index (χ3v) is 5.27. The van der Waals surface area contributed by atoms with Crippen LogP contribution in [0.1, 0.15) is 13.8 Å². The molecule has 0 saturated carbocycles. The molecular weight excluding hydrogens is 417 g/mol. The molecule has 0 heterocycles. The van der Waals surface area contributed by atoms with Crippen molar-refractivity contribution in [2.75, 3.05) is 0 Å². The van der Waals surface area contributed by atoms with Gasteiger partial charge < -0.3 is 0 Å². The van der Waals surface area contributed by atoms with Crippen molar-refractivity contribution in [2.24, 2.45) is 5.92 Å². The molecule has 0 aliphatic heterocycles. The topological polar surface area (TPSA) is 63.2 Å². The van der Waals surface area contributed by atoms with Gasteiger partial charge in [-0.25, -0.2) is 35.1 Å². The molecule has 0 fully saturated rings. The van der Waals surface area contributed by atoms with E-state index in [0.29, 0.717) is 12.1 Å². The van der Waals surface area contributed by atoms with Crippen LogP contribution in [0.5, 0.6) is 0 Å². The first-order valence-corrected chi connectivity index (χ1v) is 9.12. The number of carbonyl (C=O) groups is 1. The molecule has 0 atom stereocenters. The summed E-state index contributed by atoms with van der Waals surface area (Å²) in [5.74, 6) is -10.7. The fraction of sp³-hybridized carbons (Fsp3) is 0.188. The Morgan fingerprint density at radius 1 is 0.963 bits per heavy atom. The van der Waals surface area contributed by atoms with Crippen molar-refractivity contribution >= 4 is 27.5 Å². The fourth-order valence-electron chi connectivity index (χ4n) is 2.05. The standard InChI is InChI=1S/C16H11ClF5NO3S/c1-6(2)16(24)23-27(25,26)12-3-7(9(18)4-8(12)17)13-10(19)5-11(20)14(21)15(13)22/h3-6H,1-2H3,(H,23,24). The molecular formula is C16H11ClF5NO3S. The Labute approximate surface area is 156 Å². The van der Waals surface area contributed by atoms with Crippen molar-refractivity contribution < 1.29 is 35.2 Å². The van der Waals surface area contributed by atoms with Gasteiger partial charge in [0.15, 0.2) is 17.5 Å². The summed E-state index contributed by atoms with van der Waals surface area (Å²) in [4.78, 5) is 10.8. The Hall–Kier alpha value is -2.20.